The summed E-state index contributed by atoms with van der Waals surface area (Å²) in [6.45, 7) is 0. The van der Waals surface area contributed by atoms with E-state index in [4.69, 9.17) is 4.74 Å². The predicted octanol–water partition coefficient (Wildman–Crippen LogP) is -0.126. The van der Waals surface area contributed by atoms with Crippen molar-refractivity contribution in [3.63, 3.8) is 0 Å². The molecule has 1 aliphatic rings. The van der Waals surface area contributed by atoms with Gasteiger partial charge in [-0.15, -0.1) is 0 Å². The number of sulfone groups is 1. The van der Waals surface area contributed by atoms with E-state index in [-0.39, 0.29) is 24.3 Å². The van der Waals surface area contributed by atoms with Gasteiger partial charge >= 0.3 is 0 Å². The fourth-order valence-electron chi connectivity index (χ4n) is 1.30. The van der Waals surface area contributed by atoms with Gasteiger partial charge in [0.1, 0.15) is 0 Å². The van der Waals surface area contributed by atoms with Gasteiger partial charge in [0.25, 0.3) is 0 Å². The summed E-state index contributed by atoms with van der Waals surface area (Å²) in [5.74, 6) is 0.0397. The van der Waals surface area contributed by atoms with E-state index in [2.05, 4.69) is 4.99 Å². The molecule has 1 heterocycles. The number of rotatable bonds is 2. The SMILES string of the molecule is COC1(N=C=O)CCS(=O)(=O)CC1. The molecular weight excluding hydrogens is 194 g/mol. The first-order chi connectivity index (χ1) is 6.04. The Labute approximate surface area is 76.7 Å². The predicted molar refractivity (Wildman–Crippen MR) is 45.7 cm³/mol. The lowest BCUT2D eigenvalue weighted by Gasteiger charge is -2.30. The summed E-state index contributed by atoms with van der Waals surface area (Å²) in [6.07, 6.45) is 1.89. The molecule has 6 heteroatoms. The molecule has 1 fully saturated rings. The summed E-state index contributed by atoms with van der Waals surface area (Å²) < 4.78 is 27.1. The lowest BCUT2D eigenvalue weighted by molar-refractivity contribution is -0.0103. The zero-order chi connectivity index (χ0) is 9.95. The molecule has 0 aromatic carbocycles. The number of hydrogen-bond donors (Lipinski definition) is 0. The first kappa shape index (κ1) is 10.4. The van der Waals surface area contributed by atoms with Crippen molar-refractivity contribution in [1.29, 1.82) is 0 Å². The van der Waals surface area contributed by atoms with Crippen molar-refractivity contribution in [3.8, 4) is 0 Å². The van der Waals surface area contributed by atoms with Crippen molar-refractivity contribution in [3.05, 3.63) is 0 Å². The minimum absolute atomic E-state index is 0.0199. The summed E-state index contributed by atoms with van der Waals surface area (Å²) in [5, 5.41) is 0. The van der Waals surface area contributed by atoms with Gasteiger partial charge in [0, 0.05) is 20.0 Å². The largest absolute Gasteiger partial charge is 0.356 e. The van der Waals surface area contributed by atoms with Gasteiger partial charge in [-0.3, -0.25) is 0 Å². The van der Waals surface area contributed by atoms with E-state index < -0.39 is 15.6 Å². The smallest absolute Gasteiger partial charge is 0.237 e. The van der Waals surface area contributed by atoms with Crippen molar-refractivity contribution in [2.24, 2.45) is 4.99 Å². The van der Waals surface area contributed by atoms with Crippen LogP contribution in [0.1, 0.15) is 12.8 Å². The molecule has 0 atom stereocenters. The maximum atomic E-state index is 11.1. The Kier molecular flexibility index (Phi) is 2.85. The van der Waals surface area contributed by atoms with Crippen molar-refractivity contribution < 1.29 is 17.9 Å². The topological polar surface area (TPSA) is 72.8 Å². The van der Waals surface area contributed by atoms with E-state index in [1.165, 1.54) is 13.2 Å². The molecule has 0 aliphatic carbocycles. The molecule has 1 saturated heterocycles. The molecule has 0 spiro atoms. The minimum Gasteiger partial charge on any atom is -0.356 e. The third-order valence-electron chi connectivity index (χ3n) is 2.24. The van der Waals surface area contributed by atoms with Crippen LogP contribution < -0.4 is 0 Å². The zero-order valence-electron chi connectivity index (χ0n) is 7.32. The fourth-order valence-corrected chi connectivity index (χ4v) is 2.77. The van der Waals surface area contributed by atoms with Crippen molar-refractivity contribution >= 4 is 15.9 Å². The van der Waals surface area contributed by atoms with Crippen LogP contribution in [0.3, 0.4) is 0 Å². The molecule has 5 nitrogen and oxygen atoms in total. The van der Waals surface area contributed by atoms with Gasteiger partial charge in [0.2, 0.25) is 6.08 Å². The Morgan fingerprint density at radius 1 is 1.38 bits per heavy atom. The van der Waals surface area contributed by atoms with Crippen LogP contribution in [0.5, 0.6) is 0 Å². The summed E-state index contributed by atoms with van der Waals surface area (Å²) in [7, 11) is -1.54. The summed E-state index contributed by atoms with van der Waals surface area (Å²) in [4.78, 5) is 13.6. The Balaban J connectivity index is 2.80. The maximum Gasteiger partial charge on any atom is 0.237 e. The summed E-state index contributed by atoms with van der Waals surface area (Å²) in [5.41, 5.74) is -0.951. The van der Waals surface area contributed by atoms with Gasteiger partial charge in [-0.05, 0) is 0 Å². The number of isocyanates is 1. The molecule has 1 rings (SSSR count). The molecule has 0 aromatic rings. The Bertz CT molecular complexity index is 314. The van der Waals surface area contributed by atoms with E-state index in [0.29, 0.717) is 0 Å². The van der Waals surface area contributed by atoms with E-state index >= 15 is 0 Å². The molecule has 0 bridgehead atoms. The van der Waals surface area contributed by atoms with Gasteiger partial charge in [-0.2, -0.15) is 4.99 Å². The van der Waals surface area contributed by atoms with Crippen molar-refractivity contribution in [2.75, 3.05) is 18.6 Å². The first-order valence-electron chi connectivity index (χ1n) is 3.88. The highest BCUT2D eigenvalue weighted by atomic mass is 32.2. The van der Waals surface area contributed by atoms with Crippen LogP contribution in [0.4, 0.5) is 0 Å². The van der Waals surface area contributed by atoms with E-state index in [1.54, 1.807) is 0 Å². The maximum absolute atomic E-state index is 11.1. The molecule has 0 saturated carbocycles. The van der Waals surface area contributed by atoms with Crippen molar-refractivity contribution in [1.82, 2.24) is 0 Å². The molecule has 0 radical (unpaired) electrons. The minimum atomic E-state index is -2.95. The quantitative estimate of drug-likeness (QED) is 0.465. The van der Waals surface area contributed by atoms with Gasteiger partial charge in [-0.1, -0.05) is 0 Å². The van der Waals surface area contributed by atoms with Crippen LogP contribution in [-0.2, 0) is 19.4 Å². The molecule has 0 amide bonds. The van der Waals surface area contributed by atoms with Crippen LogP contribution in [0.25, 0.3) is 0 Å². The van der Waals surface area contributed by atoms with Crippen LogP contribution in [0.2, 0.25) is 0 Å². The number of aliphatic imine (C=N–C) groups is 1. The Hall–Kier alpha value is -0.710. The molecular formula is C7H11NO4S. The third-order valence-corrected chi connectivity index (χ3v) is 3.89. The lowest BCUT2D eigenvalue weighted by atomic mass is 10.1. The van der Waals surface area contributed by atoms with E-state index in [9.17, 15) is 13.2 Å². The summed E-state index contributed by atoms with van der Waals surface area (Å²) in [6, 6.07) is 0. The second-order valence-electron chi connectivity index (χ2n) is 3.01. The first-order valence-corrected chi connectivity index (χ1v) is 5.70. The van der Waals surface area contributed by atoms with Gasteiger partial charge in [0.15, 0.2) is 15.6 Å². The highest BCUT2D eigenvalue weighted by Gasteiger charge is 2.37. The zero-order valence-corrected chi connectivity index (χ0v) is 8.13. The Morgan fingerprint density at radius 3 is 2.31 bits per heavy atom. The highest BCUT2D eigenvalue weighted by Crippen LogP contribution is 2.27. The molecule has 0 aromatic heterocycles. The number of carbonyl (C=O) groups excluding carboxylic acids is 1. The average molecular weight is 205 g/mol. The van der Waals surface area contributed by atoms with Crippen LogP contribution >= 0.6 is 0 Å². The fraction of sp³-hybridized carbons (Fsp3) is 0.857. The van der Waals surface area contributed by atoms with Crippen LogP contribution in [-0.4, -0.2) is 38.8 Å². The van der Waals surface area contributed by atoms with Gasteiger partial charge in [0.05, 0.1) is 11.5 Å². The molecule has 74 valence electrons. The van der Waals surface area contributed by atoms with E-state index in [1.807, 2.05) is 0 Å². The third kappa shape index (κ3) is 2.37. The van der Waals surface area contributed by atoms with Gasteiger partial charge in [-0.25, -0.2) is 13.2 Å². The number of nitrogens with zero attached hydrogens (tertiary/aromatic N) is 1. The van der Waals surface area contributed by atoms with E-state index in [0.717, 1.165) is 0 Å². The molecule has 0 N–H and O–H groups in total. The number of methoxy groups -OCH3 is 1. The normalized spacial score (nSPS) is 24.7. The lowest BCUT2D eigenvalue weighted by Crippen LogP contribution is -2.39. The second-order valence-corrected chi connectivity index (χ2v) is 5.31. The average Bonchev–Trinajstić information content (AvgIpc) is 2.10. The summed E-state index contributed by atoms with van der Waals surface area (Å²) >= 11 is 0. The molecule has 1 aliphatic heterocycles. The highest BCUT2D eigenvalue weighted by molar-refractivity contribution is 7.91. The second kappa shape index (κ2) is 3.57. The molecule has 0 unspecified atom stereocenters. The number of hydrogen-bond acceptors (Lipinski definition) is 5. The van der Waals surface area contributed by atoms with Gasteiger partial charge < -0.3 is 4.74 Å². The molecule has 13 heavy (non-hydrogen) atoms. The standard InChI is InChI=1S/C7H11NO4S/c1-12-7(8-6-9)2-4-13(10,11)5-3-7/h2-5H2,1H3. The number of ether oxygens (including phenoxy) is 1. The Morgan fingerprint density at radius 2 is 1.92 bits per heavy atom. The van der Waals surface area contributed by atoms with Crippen LogP contribution in [0, 0.1) is 0 Å². The van der Waals surface area contributed by atoms with Crippen LogP contribution in [0.15, 0.2) is 4.99 Å². The van der Waals surface area contributed by atoms with Crippen molar-refractivity contribution in [2.45, 2.75) is 18.6 Å². The monoisotopic (exact) mass is 205 g/mol.